The first-order valence-corrected chi connectivity index (χ1v) is 6.84. The zero-order valence-electron chi connectivity index (χ0n) is 10.5. The van der Waals surface area contributed by atoms with E-state index in [1.807, 2.05) is 0 Å². The maximum atomic E-state index is 3.52. The van der Waals surface area contributed by atoms with Crippen molar-refractivity contribution in [3.05, 3.63) is 33.8 Å². The van der Waals surface area contributed by atoms with Crippen molar-refractivity contribution in [2.24, 2.45) is 5.92 Å². The van der Waals surface area contributed by atoms with Gasteiger partial charge in [-0.2, -0.15) is 0 Å². The van der Waals surface area contributed by atoms with Gasteiger partial charge in [0.2, 0.25) is 0 Å². The molecule has 0 heterocycles. The van der Waals surface area contributed by atoms with Crippen molar-refractivity contribution in [2.75, 3.05) is 6.54 Å². The summed E-state index contributed by atoms with van der Waals surface area (Å²) in [5.41, 5.74) is 2.67. The Labute approximate surface area is 108 Å². The largest absolute Gasteiger partial charge is 0.313 e. The lowest BCUT2D eigenvalue weighted by molar-refractivity contribution is 0.527. The second-order valence-corrected chi connectivity index (χ2v) is 5.65. The van der Waals surface area contributed by atoms with Gasteiger partial charge in [0, 0.05) is 11.0 Å². The van der Waals surface area contributed by atoms with Gasteiger partial charge in [0.15, 0.2) is 0 Å². The lowest BCUT2D eigenvalue weighted by Gasteiger charge is -2.08. The van der Waals surface area contributed by atoms with Gasteiger partial charge < -0.3 is 5.32 Å². The van der Waals surface area contributed by atoms with Gasteiger partial charge in [-0.25, -0.2) is 0 Å². The molecule has 0 aromatic heterocycles. The van der Waals surface area contributed by atoms with Crippen LogP contribution in [0.1, 0.15) is 37.8 Å². The minimum atomic E-state index is 0.816. The van der Waals surface area contributed by atoms with Crippen LogP contribution in [0.3, 0.4) is 0 Å². The van der Waals surface area contributed by atoms with E-state index in [0.29, 0.717) is 0 Å². The van der Waals surface area contributed by atoms with Crippen molar-refractivity contribution in [2.45, 2.75) is 40.2 Å². The summed E-state index contributed by atoms with van der Waals surface area (Å²) in [6, 6.07) is 6.53. The van der Waals surface area contributed by atoms with E-state index in [9.17, 15) is 0 Å². The van der Waals surface area contributed by atoms with E-state index in [-0.39, 0.29) is 0 Å². The van der Waals surface area contributed by atoms with Gasteiger partial charge in [0.1, 0.15) is 0 Å². The summed E-state index contributed by atoms with van der Waals surface area (Å²) in [7, 11) is 0. The number of rotatable bonds is 6. The zero-order chi connectivity index (χ0) is 12.0. The molecule has 0 fully saturated rings. The van der Waals surface area contributed by atoms with Crippen molar-refractivity contribution in [1.82, 2.24) is 5.32 Å². The minimum absolute atomic E-state index is 0.816. The molecule has 0 saturated heterocycles. The zero-order valence-corrected chi connectivity index (χ0v) is 12.1. The van der Waals surface area contributed by atoms with Crippen molar-refractivity contribution >= 4 is 15.9 Å². The molecule has 1 N–H and O–H groups in total. The molecule has 90 valence electrons. The molecule has 0 spiro atoms. The predicted octanol–water partition coefficient (Wildman–Crippen LogP) is 4.28. The highest BCUT2D eigenvalue weighted by Gasteiger charge is 1.97. The first-order valence-electron chi connectivity index (χ1n) is 6.05. The van der Waals surface area contributed by atoms with Crippen LogP contribution >= 0.6 is 15.9 Å². The molecular weight excluding hydrogens is 262 g/mol. The maximum Gasteiger partial charge on any atom is 0.0205 e. The van der Waals surface area contributed by atoms with Crippen molar-refractivity contribution in [3.63, 3.8) is 0 Å². The van der Waals surface area contributed by atoms with Gasteiger partial charge in [-0.15, -0.1) is 0 Å². The number of nitrogens with one attached hydrogen (secondary N) is 1. The molecule has 1 aromatic carbocycles. The van der Waals surface area contributed by atoms with Crippen LogP contribution in [0.2, 0.25) is 0 Å². The Bertz CT molecular complexity index is 321. The standard InChI is InChI=1S/C14H22BrN/c1-11(2)5-4-8-16-10-13-6-7-14(15)12(3)9-13/h6-7,9,11,16H,4-5,8,10H2,1-3H3. The van der Waals surface area contributed by atoms with E-state index in [4.69, 9.17) is 0 Å². The fourth-order valence-corrected chi connectivity index (χ4v) is 1.93. The monoisotopic (exact) mass is 283 g/mol. The van der Waals surface area contributed by atoms with Crippen LogP contribution in [0.25, 0.3) is 0 Å². The number of benzene rings is 1. The molecule has 0 aliphatic heterocycles. The van der Waals surface area contributed by atoms with Crippen LogP contribution in [-0.2, 0) is 6.54 Å². The summed E-state index contributed by atoms with van der Waals surface area (Å²) in [5, 5.41) is 3.49. The molecular formula is C14H22BrN. The maximum absolute atomic E-state index is 3.52. The van der Waals surface area contributed by atoms with E-state index < -0.39 is 0 Å². The molecule has 0 radical (unpaired) electrons. The predicted molar refractivity (Wildman–Crippen MR) is 74.7 cm³/mol. The third-order valence-corrected chi connectivity index (χ3v) is 3.58. The molecule has 1 nitrogen and oxygen atoms in total. The van der Waals surface area contributed by atoms with Crippen molar-refractivity contribution in [3.8, 4) is 0 Å². The van der Waals surface area contributed by atoms with Gasteiger partial charge in [0.05, 0.1) is 0 Å². The highest BCUT2D eigenvalue weighted by atomic mass is 79.9. The first kappa shape index (κ1) is 13.7. The normalized spacial score (nSPS) is 11.1. The Kier molecular flexibility index (Phi) is 6.07. The molecule has 0 saturated carbocycles. The van der Waals surface area contributed by atoms with Crippen LogP contribution in [0.5, 0.6) is 0 Å². The van der Waals surface area contributed by atoms with Crippen LogP contribution in [0.4, 0.5) is 0 Å². The first-order chi connectivity index (χ1) is 7.59. The average molecular weight is 284 g/mol. The lowest BCUT2D eigenvalue weighted by Crippen LogP contribution is -2.15. The summed E-state index contributed by atoms with van der Waals surface area (Å²) >= 11 is 3.52. The molecule has 0 aliphatic carbocycles. The summed E-state index contributed by atoms with van der Waals surface area (Å²) < 4.78 is 1.19. The number of hydrogen-bond acceptors (Lipinski definition) is 1. The topological polar surface area (TPSA) is 12.0 Å². The van der Waals surface area contributed by atoms with Crippen molar-refractivity contribution < 1.29 is 0 Å². The Morgan fingerprint density at radius 3 is 2.69 bits per heavy atom. The highest BCUT2D eigenvalue weighted by Crippen LogP contribution is 2.16. The fraction of sp³-hybridized carbons (Fsp3) is 0.571. The Hall–Kier alpha value is -0.340. The van der Waals surface area contributed by atoms with Crippen LogP contribution in [-0.4, -0.2) is 6.54 Å². The number of hydrogen-bond donors (Lipinski definition) is 1. The molecule has 0 unspecified atom stereocenters. The van der Waals surface area contributed by atoms with Crippen LogP contribution < -0.4 is 5.32 Å². The Morgan fingerprint density at radius 2 is 2.06 bits per heavy atom. The van der Waals surface area contributed by atoms with E-state index in [0.717, 1.165) is 19.0 Å². The molecule has 2 heteroatoms. The SMILES string of the molecule is Cc1cc(CNCCCC(C)C)ccc1Br. The quantitative estimate of drug-likeness (QED) is 0.769. The highest BCUT2D eigenvalue weighted by molar-refractivity contribution is 9.10. The van der Waals surface area contributed by atoms with Gasteiger partial charge in [-0.1, -0.05) is 41.9 Å². The van der Waals surface area contributed by atoms with Gasteiger partial charge in [-0.3, -0.25) is 0 Å². The van der Waals surface area contributed by atoms with Gasteiger partial charge in [0.25, 0.3) is 0 Å². The molecule has 0 aliphatic rings. The van der Waals surface area contributed by atoms with E-state index in [1.165, 1.54) is 28.4 Å². The number of aryl methyl sites for hydroxylation is 1. The molecule has 0 amide bonds. The van der Waals surface area contributed by atoms with E-state index in [1.54, 1.807) is 0 Å². The molecule has 1 rings (SSSR count). The average Bonchev–Trinajstić information content (AvgIpc) is 2.22. The summed E-state index contributed by atoms with van der Waals surface area (Å²) in [6.45, 7) is 8.78. The lowest BCUT2D eigenvalue weighted by atomic mass is 10.1. The smallest absolute Gasteiger partial charge is 0.0205 e. The second kappa shape index (κ2) is 7.08. The number of halogens is 1. The third-order valence-electron chi connectivity index (χ3n) is 2.69. The summed E-state index contributed by atoms with van der Waals surface area (Å²) in [5.74, 6) is 0.816. The second-order valence-electron chi connectivity index (χ2n) is 4.80. The molecule has 1 aromatic rings. The molecule has 0 bridgehead atoms. The Balaban J connectivity index is 2.24. The van der Waals surface area contributed by atoms with Crippen LogP contribution in [0, 0.1) is 12.8 Å². The Morgan fingerprint density at radius 1 is 1.31 bits per heavy atom. The minimum Gasteiger partial charge on any atom is -0.313 e. The van der Waals surface area contributed by atoms with E-state index >= 15 is 0 Å². The van der Waals surface area contributed by atoms with Gasteiger partial charge in [-0.05, 0) is 49.4 Å². The summed E-state index contributed by atoms with van der Waals surface area (Å²) in [4.78, 5) is 0. The molecule has 0 atom stereocenters. The van der Waals surface area contributed by atoms with Crippen LogP contribution in [0.15, 0.2) is 22.7 Å². The summed E-state index contributed by atoms with van der Waals surface area (Å²) in [6.07, 6.45) is 2.58. The van der Waals surface area contributed by atoms with Gasteiger partial charge >= 0.3 is 0 Å². The molecule has 16 heavy (non-hydrogen) atoms. The third kappa shape index (κ3) is 5.13. The van der Waals surface area contributed by atoms with E-state index in [2.05, 4.69) is 60.2 Å². The fourth-order valence-electron chi connectivity index (χ4n) is 1.68. The van der Waals surface area contributed by atoms with Crippen molar-refractivity contribution in [1.29, 1.82) is 0 Å².